The molecule has 0 saturated heterocycles. The maximum absolute atomic E-state index is 12.8. The Labute approximate surface area is 399 Å². The molecule has 0 aromatic rings. The highest BCUT2D eigenvalue weighted by molar-refractivity contribution is 5.71. The van der Waals surface area contributed by atoms with E-state index in [1.165, 1.54) is 212 Å². The van der Waals surface area contributed by atoms with Crippen LogP contribution in [0.3, 0.4) is 0 Å². The van der Waals surface area contributed by atoms with Crippen molar-refractivity contribution >= 4 is 17.9 Å². The van der Waals surface area contributed by atoms with Gasteiger partial charge in [-0.2, -0.15) is 0 Å². The maximum atomic E-state index is 12.8. The predicted molar refractivity (Wildman–Crippen MR) is 275 cm³/mol. The lowest BCUT2D eigenvalue weighted by Crippen LogP contribution is -2.30. The van der Waals surface area contributed by atoms with E-state index in [1.54, 1.807) is 0 Å². The third-order valence-electron chi connectivity index (χ3n) is 13.6. The average Bonchev–Trinajstić information content (AvgIpc) is 3.28. The lowest BCUT2D eigenvalue weighted by molar-refractivity contribution is -0.167. The van der Waals surface area contributed by atoms with E-state index in [9.17, 15) is 14.4 Å². The lowest BCUT2D eigenvalue weighted by atomic mass is 9.99. The highest BCUT2D eigenvalue weighted by Gasteiger charge is 2.19. The minimum absolute atomic E-state index is 0.0630. The number of esters is 3. The first-order chi connectivity index (χ1) is 31.3. The second-order valence-electron chi connectivity index (χ2n) is 20.6. The van der Waals surface area contributed by atoms with Gasteiger partial charge in [0.1, 0.15) is 13.2 Å². The van der Waals surface area contributed by atoms with E-state index >= 15 is 0 Å². The first kappa shape index (κ1) is 62.4. The number of hydrogen-bond acceptors (Lipinski definition) is 6. The van der Waals surface area contributed by atoms with E-state index in [4.69, 9.17) is 14.2 Å². The van der Waals surface area contributed by atoms with Gasteiger partial charge in [-0.05, 0) is 31.1 Å². The molecule has 0 rings (SSSR count). The number of rotatable bonds is 52. The van der Waals surface area contributed by atoms with Gasteiger partial charge < -0.3 is 14.2 Å². The molecule has 64 heavy (non-hydrogen) atoms. The van der Waals surface area contributed by atoms with Gasteiger partial charge in [0, 0.05) is 19.3 Å². The van der Waals surface area contributed by atoms with Crippen molar-refractivity contribution in [2.75, 3.05) is 13.2 Å². The van der Waals surface area contributed by atoms with E-state index in [-0.39, 0.29) is 31.1 Å². The van der Waals surface area contributed by atoms with Crippen LogP contribution in [0.25, 0.3) is 0 Å². The highest BCUT2D eigenvalue weighted by atomic mass is 16.6. The molecule has 0 aliphatic rings. The van der Waals surface area contributed by atoms with Crippen LogP contribution in [0.4, 0.5) is 0 Å². The first-order valence-corrected chi connectivity index (χ1v) is 28.8. The van der Waals surface area contributed by atoms with Crippen LogP contribution in [0.1, 0.15) is 324 Å². The van der Waals surface area contributed by atoms with Crippen LogP contribution in [0.15, 0.2) is 0 Å². The van der Waals surface area contributed by atoms with Crippen molar-refractivity contribution in [2.24, 2.45) is 11.8 Å². The van der Waals surface area contributed by atoms with Gasteiger partial charge in [0.15, 0.2) is 6.10 Å². The molecule has 0 radical (unpaired) electrons. The number of carbonyl (C=O) groups excluding carboxylic acids is 3. The quantitative estimate of drug-likeness (QED) is 0.0344. The van der Waals surface area contributed by atoms with Gasteiger partial charge in [-0.15, -0.1) is 0 Å². The Morgan fingerprint density at radius 1 is 0.328 bits per heavy atom. The van der Waals surface area contributed by atoms with Crippen LogP contribution in [0.2, 0.25) is 0 Å². The number of unbranched alkanes of at least 4 members (excludes halogenated alkanes) is 36. The Bertz CT molecular complexity index is 980. The fourth-order valence-corrected chi connectivity index (χ4v) is 8.84. The summed E-state index contributed by atoms with van der Waals surface area (Å²) < 4.78 is 16.9. The Morgan fingerprint density at radius 3 is 0.891 bits per heavy atom. The zero-order valence-electron chi connectivity index (χ0n) is 43.9. The summed E-state index contributed by atoms with van der Waals surface area (Å²) in [6, 6.07) is 0. The van der Waals surface area contributed by atoms with E-state index in [0.717, 1.165) is 69.6 Å². The standard InChI is InChI=1S/C58H112O6/c1-6-8-9-10-11-12-13-14-15-16-17-18-23-30-35-40-45-50-58(61)64-55(52-63-57(60)49-44-39-34-29-25-24-27-32-37-42-47-54(5)7-2)51-62-56(59)48-43-38-33-28-22-20-19-21-26-31-36-41-46-53(3)4/h53-55H,6-52H2,1-5H3/t54?,55-/m1/s1. The average molecular weight is 906 g/mol. The van der Waals surface area contributed by atoms with Gasteiger partial charge in [0.2, 0.25) is 0 Å². The monoisotopic (exact) mass is 905 g/mol. The van der Waals surface area contributed by atoms with E-state index < -0.39 is 6.10 Å². The van der Waals surface area contributed by atoms with Crippen molar-refractivity contribution in [1.29, 1.82) is 0 Å². The Morgan fingerprint density at radius 2 is 0.594 bits per heavy atom. The minimum atomic E-state index is -0.763. The van der Waals surface area contributed by atoms with Crippen molar-refractivity contribution < 1.29 is 28.6 Å². The number of ether oxygens (including phenoxy) is 3. The molecule has 2 atom stereocenters. The Kier molecular flexibility index (Phi) is 49.6. The molecular formula is C58H112O6. The Balaban J connectivity index is 4.31. The number of carbonyl (C=O) groups is 3. The van der Waals surface area contributed by atoms with Crippen molar-refractivity contribution in [3.8, 4) is 0 Å². The summed E-state index contributed by atoms with van der Waals surface area (Å²) in [6.45, 7) is 11.4. The Hall–Kier alpha value is -1.59. The van der Waals surface area contributed by atoms with Gasteiger partial charge >= 0.3 is 17.9 Å². The predicted octanol–water partition coefficient (Wildman–Crippen LogP) is 18.9. The summed E-state index contributed by atoms with van der Waals surface area (Å²) in [5.41, 5.74) is 0. The summed E-state index contributed by atoms with van der Waals surface area (Å²) in [5.74, 6) is 0.863. The van der Waals surface area contributed by atoms with Crippen LogP contribution in [0, 0.1) is 11.8 Å². The van der Waals surface area contributed by atoms with E-state index in [2.05, 4.69) is 34.6 Å². The topological polar surface area (TPSA) is 78.9 Å². The van der Waals surface area contributed by atoms with Crippen molar-refractivity contribution in [1.82, 2.24) is 0 Å². The van der Waals surface area contributed by atoms with E-state index in [0.29, 0.717) is 19.3 Å². The molecule has 0 aliphatic carbocycles. The largest absolute Gasteiger partial charge is 0.462 e. The van der Waals surface area contributed by atoms with Crippen molar-refractivity contribution in [3.05, 3.63) is 0 Å². The smallest absolute Gasteiger partial charge is 0.306 e. The molecular weight excluding hydrogens is 793 g/mol. The number of hydrogen-bond donors (Lipinski definition) is 0. The molecule has 0 aromatic heterocycles. The van der Waals surface area contributed by atoms with Crippen LogP contribution in [0.5, 0.6) is 0 Å². The molecule has 6 heteroatoms. The summed E-state index contributed by atoms with van der Waals surface area (Å²) in [5, 5.41) is 0. The minimum Gasteiger partial charge on any atom is -0.462 e. The van der Waals surface area contributed by atoms with Gasteiger partial charge in [-0.25, -0.2) is 0 Å². The van der Waals surface area contributed by atoms with Crippen LogP contribution < -0.4 is 0 Å². The molecule has 380 valence electrons. The van der Waals surface area contributed by atoms with Crippen molar-refractivity contribution in [3.63, 3.8) is 0 Å². The van der Waals surface area contributed by atoms with Gasteiger partial charge in [-0.3, -0.25) is 14.4 Å². The van der Waals surface area contributed by atoms with Gasteiger partial charge in [-0.1, -0.05) is 285 Å². The van der Waals surface area contributed by atoms with Crippen molar-refractivity contribution in [2.45, 2.75) is 330 Å². The summed E-state index contributed by atoms with van der Waals surface area (Å²) in [4.78, 5) is 38.1. The molecule has 0 bridgehead atoms. The molecule has 0 spiro atoms. The highest BCUT2D eigenvalue weighted by Crippen LogP contribution is 2.18. The third kappa shape index (κ3) is 49.8. The summed E-state index contributed by atoms with van der Waals surface area (Å²) in [7, 11) is 0. The molecule has 0 aromatic carbocycles. The van der Waals surface area contributed by atoms with Gasteiger partial charge in [0.25, 0.3) is 0 Å². The summed E-state index contributed by atoms with van der Waals surface area (Å²) >= 11 is 0. The molecule has 0 amide bonds. The zero-order valence-corrected chi connectivity index (χ0v) is 43.9. The third-order valence-corrected chi connectivity index (χ3v) is 13.6. The van der Waals surface area contributed by atoms with E-state index in [1.807, 2.05) is 0 Å². The van der Waals surface area contributed by atoms with Crippen LogP contribution in [-0.2, 0) is 28.6 Å². The lowest BCUT2D eigenvalue weighted by Gasteiger charge is -2.18. The molecule has 1 unspecified atom stereocenters. The van der Waals surface area contributed by atoms with Crippen LogP contribution >= 0.6 is 0 Å². The molecule has 0 heterocycles. The molecule has 0 fully saturated rings. The maximum Gasteiger partial charge on any atom is 0.306 e. The second-order valence-corrected chi connectivity index (χ2v) is 20.6. The SMILES string of the molecule is CCCCCCCCCCCCCCCCCCCC(=O)O[C@H](COC(=O)CCCCCCCCCCCCCCC(C)C)COC(=O)CCCCCCCCCCCCC(C)CC. The summed E-state index contributed by atoms with van der Waals surface area (Å²) in [6.07, 6.45) is 53.7. The normalized spacial score (nSPS) is 12.5. The van der Waals surface area contributed by atoms with Gasteiger partial charge in [0.05, 0.1) is 0 Å². The molecule has 0 saturated carbocycles. The second kappa shape index (κ2) is 50.8. The first-order valence-electron chi connectivity index (χ1n) is 28.8. The fourth-order valence-electron chi connectivity index (χ4n) is 8.84. The molecule has 0 aliphatic heterocycles. The fraction of sp³-hybridized carbons (Fsp3) is 0.948. The van der Waals surface area contributed by atoms with Crippen LogP contribution in [-0.4, -0.2) is 37.2 Å². The molecule has 0 N–H and O–H groups in total. The molecule has 6 nitrogen and oxygen atoms in total. The zero-order chi connectivity index (χ0) is 46.8.